The molecule has 92 valence electrons. The number of aryl methyl sites for hydroxylation is 1. The summed E-state index contributed by atoms with van der Waals surface area (Å²) in [6, 6.07) is 5.92. The van der Waals surface area contributed by atoms with E-state index in [2.05, 4.69) is 22.5 Å². The van der Waals surface area contributed by atoms with Crippen LogP contribution in [0.15, 0.2) is 18.2 Å². The highest BCUT2D eigenvalue weighted by Gasteiger charge is 2.11. The van der Waals surface area contributed by atoms with E-state index in [0.717, 1.165) is 41.9 Å². The van der Waals surface area contributed by atoms with Crippen molar-refractivity contribution in [1.82, 2.24) is 9.55 Å². The van der Waals surface area contributed by atoms with Crippen LogP contribution < -0.4 is 5.73 Å². The van der Waals surface area contributed by atoms with E-state index in [1.807, 2.05) is 12.1 Å². The van der Waals surface area contributed by atoms with Gasteiger partial charge in [0, 0.05) is 13.7 Å². The first-order valence-electron chi connectivity index (χ1n) is 6.00. The average Bonchev–Trinajstić information content (AvgIpc) is 2.67. The van der Waals surface area contributed by atoms with Gasteiger partial charge in [-0.15, -0.1) is 0 Å². The minimum Gasteiger partial charge on any atom is -0.397 e. The third kappa shape index (κ3) is 2.26. The van der Waals surface area contributed by atoms with Crippen molar-refractivity contribution in [2.45, 2.75) is 32.9 Å². The van der Waals surface area contributed by atoms with Crippen LogP contribution in [-0.2, 0) is 17.9 Å². The quantitative estimate of drug-likeness (QED) is 0.807. The number of para-hydroxylation sites is 1. The van der Waals surface area contributed by atoms with Gasteiger partial charge in [0.05, 0.1) is 11.2 Å². The molecule has 0 fully saturated rings. The molecule has 1 heterocycles. The molecule has 1 aromatic heterocycles. The minimum absolute atomic E-state index is 0.526. The Hall–Kier alpha value is -1.55. The first-order valence-corrected chi connectivity index (χ1v) is 6.00. The number of ether oxygens (including phenoxy) is 1. The molecule has 0 radical (unpaired) electrons. The minimum atomic E-state index is 0.526. The van der Waals surface area contributed by atoms with Crippen LogP contribution in [0.4, 0.5) is 5.69 Å². The number of anilines is 1. The lowest BCUT2D eigenvalue weighted by Crippen LogP contribution is -2.04. The Morgan fingerprint density at radius 2 is 2.24 bits per heavy atom. The number of nitrogens with two attached hydrogens (primary N) is 1. The SMILES string of the molecule is CCCCn1c(COC)nc2c(N)cccc21. The maximum atomic E-state index is 5.95. The van der Waals surface area contributed by atoms with Crippen LogP contribution >= 0.6 is 0 Å². The number of hydrogen-bond acceptors (Lipinski definition) is 3. The molecule has 0 saturated heterocycles. The first-order chi connectivity index (χ1) is 8.27. The molecular formula is C13H19N3O. The van der Waals surface area contributed by atoms with E-state index in [-0.39, 0.29) is 0 Å². The molecule has 0 aliphatic heterocycles. The van der Waals surface area contributed by atoms with Crippen LogP contribution in [0.2, 0.25) is 0 Å². The molecule has 4 nitrogen and oxygen atoms in total. The second kappa shape index (κ2) is 5.19. The van der Waals surface area contributed by atoms with Crippen LogP contribution in [-0.4, -0.2) is 16.7 Å². The van der Waals surface area contributed by atoms with Gasteiger partial charge in [0.25, 0.3) is 0 Å². The normalized spacial score (nSPS) is 11.2. The number of fused-ring (bicyclic) bond motifs is 1. The van der Waals surface area contributed by atoms with Crippen LogP contribution in [0.3, 0.4) is 0 Å². The molecule has 0 aliphatic carbocycles. The van der Waals surface area contributed by atoms with Crippen molar-refractivity contribution in [2.75, 3.05) is 12.8 Å². The van der Waals surface area contributed by atoms with Gasteiger partial charge in [0.2, 0.25) is 0 Å². The summed E-state index contributed by atoms with van der Waals surface area (Å²) in [6.45, 7) is 3.68. The maximum Gasteiger partial charge on any atom is 0.136 e. The van der Waals surface area contributed by atoms with Gasteiger partial charge >= 0.3 is 0 Å². The second-order valence-electron chi connectivity index (χ2n) is 4.18. The third-order valence-corrected chi connectivity index (χ3v) is 2.90. The van der Waals surface area contributed by atoms with Crippen molar-refractivity contribution in [2.24, 2.45) is 0 Å². The van der Waals surface area contributed by atoms with Gasteiger partial charge in [-0.3, -0.25) is 0 Å². The van der Waals surface area contributed by atoms with Gasteiger partial charge in [-0.25, -0.2) is 4.98 Å². The van der Waals surface area contributed by atoms with Crippen molar-refractivity contribution >= 4 is 16.7 Å². The molecule has 0 bridgehead atoms. The zero-order valence-electron chi connectivity index (χ0n) is 10.4. The number of unbranched alkanes of at least 4 members (excludes halogenated alkanes) is 1. The van der Waals surface area contributed by atoms with E-state index >= 15 is 0 Å². The lowest BCUT2D eigenvalue weighted by Gasteiger charge is -2.07. The molecule has 0 amide bonds. The van der Waals surface area contributed by atoms with Crippen molar-refractivity contribution in [3.63, 3.8) is 0 Å². The smallest absolute Gasteiger partial charge is 0.136 e. The second-order valence-corrected chi connectivity index (χ2v) is 4.18. The molecule has 2 aromatic rings. The molecule has 2 rings (SSSR count). The summed E-state index contributed by atoms with van der Waals surface area (Å²) in [5, 5.41) is 0. The summed E-state index contributed by atoms with van der Waals surface area (Å²) in [7, 11) is 1.69. The van der Waals surface area contributed by atoms with E-state index in [4.69, 9.17) is 10.5 Å². The fourth-order valence-electron chi connectivity index (χ4n) is 2.02. The molecule has 0 saturated carbocycles. The summed E-state index contributed by atoms with van der Waals surface area (Å²) >= 11 is 0. The standard InChI is InChI=1S/C13H19N3O/c1-3-4-8-16-11-7-5-6-10(14)13(11)15-12(16)9-17-2/h5-7H,3-4,8-9,14H2,1-2H3. The Labute approximate surface area is 101 Å². The number of rotatable bonds is 5. The van der Waals surface area contributed by atoms with Crippen LogP contribution in [0, 0.1) is 0 Å². The van der Waals surface area contributed by atoms with E-state index in [1.54, 1.807) is 7.11 Å². The summed E-state index contributed by atoms with van der Waals surface area (Å²) < 4.78 is 7.40. The largest absolute Gasteiger partial charge is 0.397 e. The molecular weight excluding hydrogens is 214 g/mol. The van der Waals surface area contributed by atoms with Crippen LogP contribution in [0.1, 0.15) is 25.6 Å². The molecule has 0 spiro atoms. The molecule has 17 heavy (non-hydrogen) atoms. The molecule has 4 heteroatoms. The Morgan fingerprint density at radius 1 is 1.41 bits per heavy atom. The van der Waals surface area contributed by atoms with E-state index < -0.39 is 0 Å². The van der Waals surface area contributed by atoms with Crippen LogP contribution in [0.5, 0.6) is 0 Å². The number of imidazole rings is 1. The summed E-state index contributed by atoms with van der Waals surface area (Å²) in [4.78, 5) is 4.57. The highest BCUT2D eigenvalue weighted by Crippen LogP contribution is 2.22. The fourth-order valence-corrected chi connectivity index (χ4v) is 2.02. The zero-order chi connectivity index (χ0) is 12.3. The summed E-state index contributed by atoms with van der Waals surface area (Å²) in [6.07, 6.45) is 2.30. The van der Waals surface area contributed by atoms with Gasteiger partial charge in [0.15, 0.2) is 0 Å². The van der Waals surface area contributed by atoms with Gasteiger partial charge < -0.3 is 15.0 Å². The number of benzene rings is 1. The van der Waals surface area contributed by atoms with Gasteiger partial charge in [-0.1, -0.05) is 19.4 Å². The van der Waals surface area contributed by atoms with Gasteiger partial charge in [-0.2, -0.15) is 0 Å². The number of hydrogen-bond donors (Lipinski definition) is 1. The predicted octanol–water partition coefficient (Wildman–Crippen LogP) is 2.57. The van der Waals surface area contributed by atoms with E-state index in [0.29, 0.717) is 6.61 Å². The Balaban J connectivity index is 2.50. The van der Waals surface area contributed by atoms with Crippen molar-refractivity contribution in [3.8, 4) is 0 Å². The summed E-state index contributed by atoms with van der Waals surface area (Å²) in [5.74, 6) is 0.953. The highest BCUT2D eigenvalue weighted by molar-refractivity contribution is 5.87. The topological polar surface area (TPSA) is 53.1 Å². The van der Waals surface area contributed by atoms with Crippen molar-refractivity contribution in [1.29, 1.82) is 0 Å². The van der Waals surface area contributed by atoms with E-state index in [9.17, 15) is 0 Å². The highest BCUT2D eigenvalue weighted by atomic mass is 16.5. The fraction of sp³-hybridized carbons (Fsp3) is 0.462. The molecule has 1 aromatic carbocycles. The Morgan fingerprint density at radius 3 is 2.94 bits per heavy atom. The zero-order valence-corrected chi connectivity index (χ0v) is 10.4. The lowest BCUT2D eigenvalue weighted by atomic mass is 10.2. The maximum absolute atomic E-state index is 5.95. The van der Waals surface area contributed by atoms with Gasteiger partial charge in [0.1, 0.15) is 17.9 Å². The summed E-state index contributed by atoms with van der Waals surface area (Å²) in [5.41, 5.74) is 8.67. The molecule has 0 atom stereocenters. The Bertz CT molecular complexity index is 505. The average molecular weight is 233 g/mol. The van der Waals surface area contributed by atoms with Crippen LogP contribution in [0.25, 0.3) is 11.0 Å². The molecule has 0 aliphatic rings. The Kier molecular flexibility index (Phi) is 3.64. The molecule has 2 N–H and O–H groups in total. The third-order valence-electron chi connectivity index (χ3n) is 2.90. The van der Waals surface area contributed by atoms with Crippen molar-refractivity contribution < 1.29 is 4.74 Å². The predicted molar refractivity (Wildman–Crippen MR) is 69.8 cm³/mol. The number of nitrogens with zero attached hydrogens (tertiary/aromatic N) is 2. The number of methoxy groups -OCH3 is 1. The molecule has 0 unspecified atom stereocenters. The van der Waals surface area contributed by atoms with E-state index in [1.165, 1.54) is 0 Å². The van der Waals surface area contributed by atoms with Gasteiger partial charge in [-0.05, 0) is 18.6 Å². The van der Waals surface area contributed by atoms with Crippen molar-refractivity contribution in [3.05, 3.63) is 24.0 Å². The first kappa shape index (κ1) is 11.9. The number of aromatic nitrogens is 2. The lowest BCUT2D eigenvalue weighted by molar-refractivity contribution is 0.174. The number of nitrogen functional groups attached to an aromatic ring is 1. The monoisotopic (exact) mass is 233 g/mol.